The van der Waals surface area contributed by atoms with Crippen LogP contribution < -0.4 is 5.32 Å². The lowest BCUT2D eigenvalue weighted by Gasteiger charge is -2.22. The van der Waals surface area contributed by atoms with E-state index in [1.807, 2.05) is 6.92 Å². The van der Waals surface area contributed by atoms with Crippen molar-refractivity contribution in [2.45, 2.75) is 39.7 Å². The largest absolute Gasteiger partial charge is 0.349 e. The molecule has 1 heterocycles. The highest BCUT2D eigenvalue weighted by Crippen LogP contribution is 2.13. The van der Waals surface area contributed by atoms with Crippen LogP contribution in [0.25, 0.3) is 0 Å². The molecule has 1 atom stereocenters. The van der Waals surface area contributed by atoms with Gasteiger partial charge in [0.2, 0.25) is 0 Å². The summed E-state index contributed by atoms with van der Waals surface area (Å²) in [6.45, 7) is 6.32. The molecule has 1 unspecified atom stereocenters. The Kier molecular flexibility index (Phi) is 5.42. The third-order valence-electron chi connectivity index (χ3n) is 3.10. The molecule has 0 fully saturated rings. The van der Waals surface area contributed by atoms with Gasteiger partial charge in [-0.2, -0.15) is 0 Å². The highest BCUT2D eigenvalue weighted by atomic mass is 35.5. The molecule has 0 aliphatic rings. The van der Waals surface area contributed by atoms with Crippen molar-refractivity contribution >= 4 is 17.5 Å². The van der Waals surface area contributed by atoms with Crippen LogP contribution in [0.15, 0.2) is 18.3 Å². The van der Waals surface area contributed by atoms with E-state index in [0.29, 0.717) is 16.6 Å². The fraction of sp³-hybridized carbons (Fsp3) is 0.538. The van der Waals surface area contributed by atoms with E-state index in [0.717, 1.165) is 12.8 Å². The molecule has 0 aliphatic carbocycles. The van der Waals surface area contributed by atoms with Crippen LogP contribution in [0.4, 0.5) is 0 Å². The molecular formula is C13H19ClN2O. The van der Waals surface area contributed by atoms with E-state index in [1.54, 1.807) is 12.1 Å². The zero-order valence-electron chi connectivity index (χ0n) is 10.5. The van der Waals surface area contributed by atoms with Gasteiger partial charge in [-0.15, -0.1) is 0 Å². The molecule has 94 valence electrons. The first kappa shape index (κ1) is 14.0. The number of carbonyl (C=O) groups is 1. The zero-order valence-corrected chi connectivity index (χ0v) is 11.3. The molecule has 1 amide bonds. The average Bonchev–Trinajstić information content (AvgIpc) is 2.31. The molecule has 0 spiro atoms. The van der Waals surface area contributed by atoms with Crippen molar-refractivity contribution in [3.63, 3.8) is 0 Å². The van der Waals surface area contributed by atoms with Crippen molar-refractivity contribution in [3.05, 3.63) is 29.0 Å². The molecule has 17 heavy (non-hydrogen) atoms. The lowest BCUT2D eigenvalue weighted by molar-refractivity contribution is 0.0925. The third kappa shape index (κ3) is 4.00. The van der Waals surface area contributed by atoms with Crippen molar-refractivity contribution in [2.75, 3.05) is 0 Å². The van der Waals surface area contributed by atoms with Crippen LogP contribution in [-0.2, 0) is 0 Å². The lowest BCUT2D eigenvalue weighted by Crippen LogP contribution is -2.37. The Morgan fingerprint density at radius 3 is 2.53 bits per heavy atom. The first-order valence-corrected chi connectivity index (χ1v) is 6.38. The van der Waals surface area contributed by atoms with E-state index in [4.69, 9.17) is 11.6 Å². The molecule has 4 heteroatoms. The number of aromatic nitrogens is 1. The standard InChI is InChI=1S/C13H19ClN2O/c1-4-10(5-2)9(3)16-13(17)11-6-7-12(14)15-8-11/h6-10H,4-5H2,1-3H3,(H,16,17). The van der Waals surface area contributed by atoms with Gasteiger partial charge in [-0.05, 0) is 25.0 Å². The minimum absolute atomic E-state index is 0.0893. The van der Waals surface area contributed by atoms with Gasteiger partial charge in [-0.3, -0.25) is 4.79 Å². The van der Waals surface area contributed by atoms with Gasteiger partial charge >= 0.3 is 0 Å². The molecule has 1 aromatic heterocycles. The van der Waals surface area contributed by atoms with Crippen molar-refractivity contribution in [1.82, 2.24) is 10.3 Å². The molecule has 0 bridgehead atoms. The van der Waals surface area contributed by atoms with Crippen LogP contribution in [0, 0.1) is 5.92 Å². The highest BCUT2D eigenvalue weighted by Gasteiger charge is 2.16. The van der Waals surface area contributed by atoms with Crippen molar-refractivity contribution in [1.29, 1.82) is 0 Å². The summed E-state index contributed by atoms with van der Waals surface area (Å²) >= 11 is 5.67. The summed E-state index contributed by atoms with van der Waals surface area (Å²) < 4.78 is 0. The molecule has 0 aromatic carbocycles. The maximum atomic E-state index is 11.9. The molecule has 0 saturated heterocycles. The van der Waals surface area contributed by atoms with Crippen molar-refractivity contribution < 1.29 is 4.79 Å². The maximum Gasteiger partial charge on any atom is 0.253 e. The van der Waals surface area contributed by atoms with Gasteiger partial charge in [0.15, 0.2) is 0 Å². The number of hydrogen-bond donors (Lipinski definition) is 1. The SMILES string of the molecule is CCC(CC)C(C)NC(=O)c1ccc(Cl)nc1. The Bertz CT molecular complexity index is 360. The van der Waals surface area contributed by atoms with Gasteiger partial charge in [-0.25, -0.2) is 4.98 Å². The van der Waals surface area contributed by atoms with Gasteiger partial charge in [0, 0.05) is 12.2 Å². The molecule has 1 aromatic rings. The normalized spacial score (nSPS) is 12.5. The highest BCUT2D eigenvalue weighted by molar-refractivity contribution is 6.29. The summed E-state index contributed by atoms with van der Waals surface area (Å²) in [6.07, 6.45) is 3.63. The summed E-state index contributed by atoms with van der Waals surface area (Å²) in [5.74, 6) is 0.424. The van der Waals surface area contributed by atoms with Gasteiger partial charge in [0.25, 0.3) is 5.91 Å². The predicted molar refractivity (Wildman–Crippen MR) is 70.2 cm³/mol. The topological polar surface area (TPSA) is 42.0 Å². The Labute approximate surface area is 108 Å². The van der Waals surface area contributed by atoms with Crippen LogP contribution in [0.1, 0.15) is 44.0 Å². The molecule has 3 nitrogen and oxygen atoms in total. The molecule has 0 radical (unpaired) electrons. The number of nitrogens with one attached hydrogen (secondary N) is 1. The van der Waals surface area contributed by atoms with E-state index in [9.17, 15) is 4.79 Å². The number of carbonyl (C=O) groups excluding carboxylic acids is 1. The fourth-order valence-corrected chi connectivity index (χ4v) is 2.03. The molecule has 1 N–H and O–H groups in total. The van der Waals surface area contributed by atoms with Crippen molar-refractivity contribution in [3.8, 4) is 0 Å². The second-order valence-electron chi connectivity index (χ2n) is 4.21. The fourth-order valence-electron chi connectivity index (χ4n) is 1.91. The van der Waals surface area contributed by atoms with E-state index < -0.39 is 0 Å². The maximum absolute atomic E-state index is 11.9. The number of nitrogens with zero attached hydrogens (tertiary/aromatic N) is 1. The summed E-state index contributed by atoms with van der Waals surface area (Å²) in [4.78, 5) is 15.8. The first-order valence-electron chi connectivity index (χ1n) is 6.00. The summed E-state index contributed by atoms with van der Waals surface area (Å²) in [5.41, 5.74) is 0.548. The summed E-state index contributed by atoms with van der Waals surface area (Å²) in [6, 6.07) is 3.48. The second kappa shape index (κ2) is 6.60. The lowest BCUT2D eigenvalue weighted by atomic mass is 9.95. The first-order chi connectivity index (χ1) is 8.08. The number of hydrogen-bond acceptors (Lipinski definition) is 2. The summed E-state index contributed by atoms with van der Waals surface area (Å²) in [5, 5.41) is 3.39. The third-order valence-corrected chi connectivity index (χ3v) is 3.33. The summed E-state index contributed by atoms with van der Waals surface area (Å²) in [7, 11) is 0. The minimum Gasteiger partial charge on any atom is -0.349 e. The van der Waals surface area contributed by atoms with E-state index in [1.165, 1.54) is 6.20 Å². The Morgan fingerprint density at radius 1 is 1.41 bits per heavy atom. The molecule has 1 rings (SSSR count). The van der Waals surface area contributed by atoms with Gasteiger partial charge in [0.1, 0.15) is 5.15 Å². The monoisotopic (exact) mass is 254 g/mol. The van der Waals surface area contributed by atoms with E-state index in [-0.39, 0.29) is 11.9 Å². The molecular weight excluding hydrogens is 236 g/mol. The Balaban J connectivity index is 2.62. The minimum atomic E-state index is -0.0893. The Hall–Kier alpha value is -1.09. The van der Waals surface area contributed by atoms with Crippen LogP contribution in [-0.4, -0.2) is 16.9 Å². The smallest absolute Gasteiger partial charge is 0.253 e. The Morgan fingerprint density at radius 2 is 2.06 bits per heavy atom. The van der Waals surface area contributed by atoms with Gasteiger partial charge in [-0.1, -0.05) is 38.3 Å². The number of pyridine rings is 1. The van der Waals surface area contributed by atoms with Crippen LogP contribution in [0.2, 0.25) is 5.15 Å². The van der Waals surface area contributed by atoms with Crippen LogP contribution in [0.5, 0.6) is 0 Å². The molecule has 0 saturated carbocycles. The van der Waals surface area contributed by atoms with Crippen molar-refractivity contribution in [2.24, 2.45) is 5.92 Å². The van der Waals surface area contributed by atoms with Gasteiger partial charge < -0.3 is 5.32 Å². The van der Waals surface area contributed by atoms with Gasteiger partial charge in [0.05, 0.1) is 5.56 Å². The predicted octanol–water partition coefficient (Wildman–Crippen LogP) is 3.29. The van der Waals surface area contributed by atoms with E-state index in [2.05, 4.69) is 24.1 Å². The van der Waals surface area contributed by atoms with Crippen LogP contribution >= 0.6 is 11.6 Å². The second-order valence-corrected chi connectivity index (χ2v) is 4.60. The zero-order chi connectivity index (χ0) is 12.8. The number of rotatable bonds is 5. The molecule has 0 aliphatic heterocycles. The number of halogens is 1. The number of amides is 1. The van der Waals surface area contributed by atoms with Crippen LogP contribution in [0.3, 0.4) is 0 Å². The van der Waals surface area contributed by atoms with E-state index >= 15 is 0 Å². The quantitative estimate of drug-likeness (QED) is 0.820. The average molecular weight is 255 g/mol.